The third-order valence-corrected chi connectivity index (χ3v) is 4.83. The van der Waals surface area contributed by atoms with Crippen LogP contribution < -0.4 is 4.90 Å². The Morgan fingerprint density at radius 1 is 1.11 bits per heavy atom. The van der Waals surface area contributed by atoms with E-state index in [2.05, 4.69) is 10.1 Å². The first kappa shape index (κ1) is 17.4. The molecule has 1 atom stereocenters. The van der Waals surface area contributed by atoms with Gasteiger partial charge < -0.3 is 9.42 Å². The molecule has 1 unspecified atom stereocenters. The number of carbonyl (C=O) groups is 1. The first-order valence-electron chi connectivity index (χ1n) is 9.11. The standard InChI is InChI=1S/C21H20FN3O2/c22-17-8-10-18(11-9-17)25-12-4-7-16(14-20(25)26)21-23-19(24-27-21)13-15-5-2-1-3-6-15/h1-3,5-6,8-11,16H,4,7,12-14H2. The predicted octanol–water partition coefficient (Wildman–Crippen LogP) is 4.10. The number of rotatable bonds is 4. The zero-order valence-corrected chi connectivity index (χ0v) is 14.8. The predicted molar refractivity (Wildman–Crippen MR) is 98.9 cm³/mol. The van der Waals surface area contributed by atoms with Gasteiger partial charge in [-0.05, 0) is 42.7 Å². The molecule has 1 aliphatic rings. The van der Waals surface area contributed by atoms with Gasteiger partial charge in [-0.2, -0.15) is 4.98 Å². The fourth-order valence-corrected chi connectivity index (χ4v) is 3.43. The molecule has 1 fully saturated rings. The molecule has 3 aromatic rings. The highest BCUT2D eigenvalue weighted by atomic mass is 19.1. The lowest BCUT2D eigenvalue weighted by Gasteiger charge is -2.20. The summed E-state index contributed by atoms with van der Waals surface area (Å²) in [6.07, 6.45) is 2.54. The Bertz CT molecular complexity index is 909. The van der Waals surface area contributed by atoms with Gasteiger partial charge in [-0.25, -0.2) is 4.39 Å². The third kappa shape index (κ3) is 4.05. The quantitative estimate of drug-likeness (QED) is 0.698. The summed E-state index contributed by atoms with van der Waals surface area (Å²) in [6, 6.07) is 16.0. The van der Waals surface area contributed by atoms with Crippen LogP contribution in [0.2, 0.25) is 0 Å². The lowest BCUT2D eigenvalue weighted by molar-refractivity contribution is -0.118. The van der Waals surface area contributed by atoms with Crippen LogP contribution in [0.4, 0.5) is 10.1 Å². The van der Waals surface area contributed by atoms with Gasteiger partial charge in [0, 0.05) is 31.0 Å². The van der Waals surface area contributed by atoms with Crippen LogP contribution in [0.25, 0.3) is 0 Å². The molecule has 4 rings (SSSR count). The number of hydrogen-bond donors (Lipinski definition) is 0. The normalized spacial score (nSPS) is 17.7. The molecule has 0 saturated carbocycles. The highest BCUT2D eigenvalue weighted by Crippen LogP contribution is 2.30. The lowest BCUT2D eigenvalue weighted by Crippen LogP contribution is -2.30. The summed E-state index contributed by atoms with van der Waals surface area (Å²) in [4.78, 5) is 18.9. The molecule has 1 saturated heterocycles. The number of nitrogens with zero attached hydrogens (tertiary/aromatic N) is 3. The van der Waals surface area contributed by atoms with Crippen LogP contribution >= 0.6 is 0 Å². The van der Waals surface area contributed by atoms with Crippen molar-refractivity contribution >= 4 is 11.6 Å². The smallest absolute Gasteiger partial charge is 0.230 e. The average Bonchev–Trinajstić information content (AvgIpc) is 3.05. The van der Waals surface area contributed by atoms with E-state index in [9.17, 15) is 9.18 Å². The van der Waals surface area contributed by atoms with Crippen LogP contribution in [0, 0.1) is 5.82 Å². The molecule has 1 aliphatic heterocycles. The highest BCUT2D eigenvalue weighted by molar-refractivity contribution is 5.94. The fraction of sp³-hybridized carbons (Fsp3) is 0.286. The number of aromatic nitrogens is 2. The Kier molecular flexibility index (Phi) is 4.96. The SMILES string of the molecule is O=C1CC(c2nc(Cc3ccccc3)no2)CCCN1c1ccc(F)cc1. The summed E-state index contributed by atoms with van der Waals surface area (Å²) in [5, 5.41) is 4.08. The summed E-state index contributed by atoms with van der Waals surface area (Å²) < 4.78 is 18.6. The van der Waals surface area contributed by atoms with E-state index >= 15 is 0 Å². The number of hydrogen-bond acceptors (Lipinski definition) is 4. The van der Waals surface area contributed by atoms with Gasteiger partial charge in [0.15, 0.2) is 5.82 Å². The molecule has 0 aliphatic carbocycles. The molecule has 0 bridgehead atoms. The molecule has 2 heterocycles. The summed E-state index contributed by atoms with van der Waals surface area (Å²) >= 11 is 0. The van der Waals surface area contributed by atoms with Gasteiger partial charge in [-0.1, -0.05) is 35.5 Å². The summed E-state index contributed by atoms with van der Waals surface area (Å²) in [5.41, 5.74) is 1.83. The van der Waals surface area contributed by atoms with E-state index in [1.807, 2.05) is 30.3 Å². The maximum atomic E-state index is 13.1. The van der Waals surface area contributed by atoms with E-state index < -0.39 is 0 Å². The molecule has 138 valence electrons. The molecular weight excluding hydrogens is 345 g/mol. The third-order valence-electron chi connectivity index (χ3n) is 4.83. The first-order chi connectivity index (χ1) is 13.2. The Labute approximate surface area is 156 Å². The maximum Gasteiger partial charge on any atom is 0.230 e. The maximum absolute atomic E-state index is 13.1. The number of benzene rings is 2. The van der Waals surface area contributed by atoms with E-state index in [0.717, 1.165) is 24.1 Å². The van der Waals surface area contributed by atoms with Crippen molar-refractivity contribution in [1.82, 2.24) is 10.1 Å². The van der Waals surface area contributed by atoms with Crippen LogP contribution in [-0.2, 0) is 11.2 Å². The molecule has 1 amide bonds. The largest absolute Gasteiger partial charge is 0.339 e. The van der Waals surface area contributed by atoms with Crippen LogP contribution in [0.1, 0.15) is 42.5 Å². The molecular formula is C21H20FN3O2. The number of amides is 1. The van der Waals surface area contributed by atoms with E-state index in [1.54, 1.807) is 17.0 Å². The van der Waals surface area contributed by atoms with Gasteiger partial charge in [0.25, 0.3) is 0 Å². The Morgan fingerprint density at radius 2 is 1.89 bits per heavy atom. The minimum Gasteiger partial charge on any atom is -0.339 e. The van der Waals surface area contributed by atoms with Crippen LogP contribution in [0.5, 0.6) is 0 Å². The van der Waals surface area contributed by atoms with E-state index in [-0.39, 0.29) is 17.6 Å². The minimum atomic E-state index is -0.310. The first-order valence-corrected chi connectivity index (χ1v) is 9.11. The van der Waals surface area contributed by atoms with Gasteiger partial charge in [0.1, 0.15) is 5.82 Å². The van der Waals surface area contributed by atoms with Crippen molar-refractivity contribution in [3.05, 3.63) is 77.7 Å². The van der Waals surface area contributed by atoms with Gasteiger partial charge >= 0.3 is 0 Å². The van der Waals surface area contributed by atoms with Crippen molar-refractivity contribution < 1.29 is 13.7 Å². The Balaban J connectivity index is 1.46. The molecule has 0 N–H and O–H groups in total. The van der Waals surface area contributed by atoms with E-state index in [1.165, 1.54) is 12.1 Å². The highest BCUT2D eigenvalue weighted by Gasteiger charge is 2.29. The number of anilines is 1. The second-order valence-corrected chi connectivity index (χ2v) is 6.78. The van der Waals surface area contributed by atoms with E-state index in [4.69, 9.17) is 4.52 Å². The molecule has 2 aromatic carbocycles. The van der Waals surface area contributed by atoms with Crippen molar-refractivity contribution in [2.45, 2.75) is 31.6 Å². The summed E-state index contributed by atoms with van der Waals surface area (Å²) in [6.45, 7) is 0.603. The topological polar surface area (TPSA) is 59.2 Å². The van der Waals surface area contributed by atoms with Crippen molar-refractivity contribution in [3.63, 3.8) is 0 Å². The van der Waals surface area contributed by atoms with Crippen LogP contribution in [-0.4, -0.2) is 22.6 Å². The van der Waals surface area contributed by atoms with E-state index in [0.29, 0.717) is 31.1 Å². The zero-order chi connectivity index (χ0) is 18.6. The van der Waals surface area contributed by atoms with Crippen molar-refractivity contribution in [2.75, 3.05) is 11.4 Å². The lowest BCUT2D eigenvalue weighted by atomic mass is 10.0. The van der Waals surface area contributed by atoms with Crippen molar-refractivity contribution in [3.8, 4) is 0 Å². The Morgan fingerprint density at radius 3 is 2.67 bits per heavy atom. The number of carbonyl (C=O) groups excluding carboxylic acids is 1. The second-order valence-electron chi connectivity index (χ2n) is 6.78. The molecule has 0 radical (unpaired) electrons. The molecule has 0 spiro atoms. The van der Waals surface area contributed by atoms with Gasteiger partial charge in [-0.15, -0.1) is 0 Å². The van der Waals surface area contributed by atoms with Crippen molar-refractivity contribution in [1.29, 1.82) is 0 Å². The Hall–Kier alpha value is -3.02. The minimum absolute atomic E-state index is 0.00748. The summed E-state index contributed by atoms with van der Waals surface area (Å²) in [7, 11) is 0. The van der Waals surface area contributed by atoms with Gasteiger partial charge in [0.05, 0.1) is 0 Å². The van der Waals surface area contributed by atoms with Crippen LogP contribution in [0.3, 0.4) is 0 Å². The average molecular weight is 365 g/mol. The van der Waals surface area contributed by atoms with Gasteiger partial charge in [-0.3, -0.25) is 4.79 Å². The molecule has 1 aromatic heterocycles. The number of halogens is 1. The summed E-state index contributed by atoms with van der Waals surface area (Å²) in [5.74, 6) is 0.751. The second kappa shape index (κ2) is 7.70. The zero-order valence-electron chi connectivity index (χ0n) is 14.8. The fourth-order valence-electron chi connectivity index (χ4n) is 3.43. The van der Waals surface area contributed by atoms with Crippen molar-refractivity contribution in [2.24, 2.45) is 0 Å². The molecule has 27 heavy (non-hydrogen) atoms. The molecule has 6 heteroatoms. The van der Waals surface area contributed by atoms with Crippen LogP contribution in [0.15, 0.2) is 59.1 Å². The molecule has 5 nitrogen and oxygen atoms in total. The monoisotopic (exact) mass is 365 g/mol. The van der Waals surface area contributed by atoms with Gasteiger partial charge in [0.2, 0.25) is 11.8 Å².